The van der Waals surface area contributed by atoms with Crippen molar-refractivity contribution in [3.63, 3.8) is 0 Å². The summed E-state index contributed by atoms with van der Waals surface area (Å²) in [5, 5.41) is 1.15. The van der Waals surface area contributed by atoms with Gasteiger partial charge < -0.3 is 9.47 Å². The molecule has 0 atom stereocenters. The van der Waals surface area contributed by atoms with Gasteiger partial charge in [-0.05, 0) is 13.8 Å². The van der Waals surface area contributed by atoms with E-state index in [4.69, 9.17) is 9.47 Å². The third-order valence-electron chi connectivity index (χ3n) is 2.15. The van der Waals surface area contributed by atoms with E-state index in [-0.39, 0.29) is 0 Å². The van der Waals surface area contributed by atoms with Crippen LogP contribution in [0, 0.1) is 0 Å². The van der Waals surface area contributed by atoms with Gasteiger partial charge in [0.1, 0.15) is 9.75 Å². The lowest BCUT2D eigenvalue weighted by molar-refractivity contribution is 0.0522. The highest BCUT2D eigenvalue weighted by Gasteiger charge is 2.17. The van der Waals surface area contributed by atoms with Crippen LogP contribution >= 0.6 is 22.7 Å². The summed E-state index contributed by atoms with van der Waals surface area (Å²) in [5.74, 6) is -0.808. The minimum atomic E-state index is -0.404. The highest BCUT2D eigenvalue weighted by atomic mass is 32.1. The van der Waals surface area contributed by atoms with Crippen LogP contribution < -0.4 is 0 Å². The van der Waals surface area contributed by atoms with Crippen molar-refractivity contribution in [2.24, 2.45) is 0 Å². The normalized spacial score (nSPS) is 10.3. The van der Waals surface area contributed by atoms with Crippen LogP contribution in [-0.4, -0.2) is 35.1 Å². The zero-order valence-electron chi connectivity index (χ0n) is 10.9. The second-order valence-corrected chi connectivity index (χ2v) is 5.56. The number of hydrogen-bond donors (Lipinski definition) is 0. The number of aromatic nitrogens is 2. The van der Waals surface area contributed by atoms with Gasteiger partial charge in [-0.15, -0.1) is 22.7 Å². The average molecular weight is 312 g/mol. The van der Waals surface area contributed by atoms with Gasteiger partial charge in [-0.3, -0.25) is 0 Å². The molecule has 0 radical (unpaired) electrons. The van der Waals surface area contributed by atoms with Gasteiger partial charge in [-0.25, -0.2) is 19.6 Å². The molecule has 0 aromatic carbocycles. The van der Waals surface area contributed by atoms with Crippen molar-refractivity contribution in [2.75, 3.05) is 13.2 Å². The number of rotatable bonds is 5. The molecule has 0 saturated carbocycles. The fourth-order valence-corrected chi connectivity index (χ4v) is 2.99. The maximum Gasteiger partial charge on any atom is 0.349 e. The summed E-state index contributed by atoms with van der Waals surface area (Å²) >= 11 is 2.37. The van der Waals surface area contributed by atoms with E-state index in [0.29, 0.717) is 33.0 Å². The van der Waals surface area contributed by atoms with Crippen LogP contribution in [0.3, 0.4) is 0 Å². The molecule has 0 saturated heterocycles. The average Bonchev–Trinajstić information content (AvgIpc) is 3.08. The third-order valence-corrected chi connectivity index (χ3v) is 4.24. The van der Waals surface area contributed by atoms with E-state index < -0.39 is 11.9 Å². The fraction of sp³-hybridized carbons (Fsp3) is 0.333. The summed E-state index contributed by atoms with van der Waals surface area (Å²) in [6.45, 7) is 4.12. The molecule has 0 unspecified atom stereocenters. The third kappa shape index (κ3) is 3.20. The molecule has 2 aromatic heterocycles. The zero-order chi connectivity index (χ0) is 14.5. The largest absolute Gasteiger partial charge is 0.462 e. The summed E-state index contributed by atoms with van der Waals surface area (Å²) in [6.07, 6.45) is 2.90. The Labute approximate surface area is 123 Å². The highest BCUT2D eigenvalue weighted by molar-refractivity contribution is 7.23. The minimum Gasteiger partial charge on any atom is -0.462 e. The van der Waals surface area contributed by atoms with E-state index in [9.17, 15) is 9.59 Å². The molecular formula is C12H12N2O4S2. The Morgan fingerprint density at radius 3 is 1.70 bits per heavy atom. The number of carbonyl (C=O) groups excluding carboxylic acids is 2. The molecule has 0 spiro atoms. The molecule has 0 amide bonds. The van der Waals surface area contributed by atoms with Crippen molar-refractivity contribution >= 4 is 34.6 Å². The monoisotopic (exact) mass is 312 g/mol. The predicted molar refractivity (Wildman–Crippen MR) is 75.1 cm³/mol. The van der Waals surface area contributed by atoms with Gasteiger partial charge in [0, 0.05) is 0 Å². The molecule has 2 heterocycles. The van der Waals surface area contributed by atoms with Gasteiger partial charge in [0.05, 0.1) is 25.6 Å². The van der Waals surface area contributed by atoms with Crippen LogP contribution in [0.2, 0.25) is 0 Å². The lowest BCUT2D eigenvalue weighted by Crippen LogP contribution is -2.01. The first kappa shape index (κ1) is 14.6. The first-order valence-electron chi connectivity index (χ1n) is 5.92. The maximum atomic E-state index is 11.5. The molecule has 0 aliphatic rings. The molecule has 0 aliphatic heterocycles. The Balaban J connectivity index is 2.16. The quantitative estimate of drug-likeness (QED) is 0.790. The van der Waals surface area contributed by atoms with Crippen molar-refractivity contribution in [2.45, 2.75) is 13.8 Å². The Morgan fingerprint density at radius 2 is 1.35 bits per heavy atom. The number of nitrogens with zero attached hydrogens (tertiary/aromatic N) is 2. The van der Waals surface area contributed by atoms with Gasteiger partial charge in [0.25, 0.3) is 0 Å². The van der Waals surface area contributed by atoms with Crippen molar-refractivity contribution in [1.29, 1.82) is 0 Å². The Bertz CT molecular complexity index is 566. The fourth-order valence-electron chi connectivity index (χ4n) is 1.34. The second kappa shape index (κ2) is 6.58. The van der Waals surface area contributed by atoms with Crippen molar-refractivity contribution in [1.82, 2.24) is 9.97 Å². The van der Waals surface area contributed by atoms with Gasteiger partial charge in [0.15, 0.2) is 10.0 Å². The molecule has 0 N–H and O–H groups in total. The van der Waals surface area contributed by atoms with Gasteiger partial charge in [-0.2, -0.15) is 0 Å². The standard InChI is InChI=1S/C12H12N2O4S2/c1-3-17-11(15)7-5-13-9(19-7)10-14-6-8(20-10)12(16)18-4-2/h5-6H,3-4H2,1-2H3. The van der Waals surface area contributed by atoms with Crippen LogP contribution in [0.5, 0.6) is 0 Å². The number of hydrogen-bond acceptors (Lipinski definition) is 8. The minimum absolute atomic E-state index is 0.316. The van der Waals surface area contributed by atoms with Gasteiger partial charge >= 0.3 is 11.9 Å². The van der Waals surface area contributed by atoms with E-state index in [2.05, 4.69) is 9.97 Å². The Morgan fingerprint density at radius 1 is 0.950 bits per heavy atom. The summed E-state index contributed by atoms with van der Waals surface area (Å²) < 4.78 is 9.79. The lowest BCUT2D eigenvalue weighted by Gasteiger charge is -1.96. The van der Waals surface area contributed by atoms with Crippen LogP contribution in [-0.2, 0) is 9.47 Å². The summed E-state index contributed by atoms with van der Waals surface area (Å²) in [6, 6.07) is 0. The molecule has 0 fully saturated rings. The first-order chi connectivity index (χ1) is 9.65. The number of ether oxygens (including phenoxy) is 2. The molecule has 0 aliphatic carbocycles. The van der Waals surface area contributed by atoms with Crippen LogP contribution in [0.1, 0.15) is 33.2 Å². The summed E-state index contributed by atoms with van der Waals surface area (Å²) in [4.78, 5) is 32.2. The zero-order valence-corrected chi connectivity index (χ0v) is 12.5. The first-order valence-corrected chi connectivity index (χ1v) is 7.55. The molecule has 8 heteroatoms. The predicted octanol–water partition coefficient (Wildman–Crippen LogP) is 2.62. The van der Waals surface area contributed by atoms with E-state index in [1.54, 1.807) is 13.8 Å². The Hall–Kier alpha value is -1.80. The van der Waals surface area contributed by atoms with Crippen molar-refractivity contribution < 1.29 is 19.1 Å². The second-order valence-electron chi connectivity index (χ2n) is 3.50. The maximum absolute atomic E-state index is 11.5. The molecular weight excluding hydrogens is 300 g/mol. The van der Waals surface area contributed by atoms with Crippen molar-refractivity contribution in [3.8, 4) is 10.0 Å². The molecule has 2 aromatic rings. The summed E-state index contributed by atoms with van der Waals surface area (Å²) in [7, 11) is 0. The number of thiazole rings is 2. The van der Waals surface area contributed by atoms with Crippen LogP contribution in [0.15, 0.2) is 12.4 Å². The summed E-state index contributed by atoms with van der Waals surface area (Å²) in [5.41, 5.74) is 0. The number of esters is 2. The van der Waals surface area contributed by atoms with E-state index in [1.165, 1.54) is 35.1 Å². The number of carbonyl (C=O) groups is 2. The molecule has 106 valence electrons. The van der Waals surface area contributed by atoms with Crippen LogP contribution in [0.4, 0.5) is 0 Å². The molecule has 6 nitrogen and oxygen atoms in total. The Kier molecular flexibility index (Phi) is 4.80. The molecule has 20 heavy (non-hydrogen) atoms. The van der Waals surface area contributed by atoms with E-state index in [1.807, 2.05) is 0 Å². The molecule has 2 rings (SSSR count). The van der Waals surface area contributed by atoms with Crippen molar-refractivity contribution in [3.05, 3.63) is 22.1 Å². The smallest absolute Gasteiger partial charge is 0.349 e. The topological polar surface area (TPSA) is 78.4 Å². The van der Waals surface area contributed by atoms with Gasteiger partial charge in [0.2, 0.25) is 0 Å². The van der Waals surface area contributed by atoms with E-state index >= 15 is 0 Å². The molecule has 0 bridgehead atoms. The van der Waals surface area contributed by atoms with Gasteiger partial charge in [-0.1, -0.05) is 0 Å². The lowest BCUT2D eigenvalue weighted by atomic mass is 10.5. The SMILES string of the molecule is CCOC(=O)c1cnc(-c2ncc(C(=O)OCC)s2)s1. The van der Waals surface area contributed by atoms with E-state index in [0.717, 1.165) is 0 Å². The highest BCUT2D eigenvalue weighted by Crippen LogP contribution is 2.29. The van der Waals surface area contributed by atoms with Crippen LogP contribution in [0.25, 0.3) is 10.0 Å².